The molecule has 6 nitrogen and oxygen atoms in total. The fourth-order valence-electron chi connectivity index (χ4n) is 2.75. The first kappa shape index (κ1) is 16.0. The number of aryl methyl sites for hydroxylation is 1. The normalized spacial score (nSPS) is 13.7. The summed E-state index contributed by atoms with van der Waals surface area (Å²) in [7, 11) is 1.74. The lowest BCUT2D eigenvalue weighted by Crippen LogP contribution is -2.35. The molecule has 122 valence electrons. The standard InChI is InChI=1S/C16H19BrN4O2/c1-19(10-12-5-7-13(17)8-6-12)15(22)11-21-16(23)20-9-3-2-4-14(20)18-21/h5-8H,2-4,9-11H2,1H3. The molecule has 0 radical (unpaired) electrons. The molecule has 0 bridgehead atoms. The van der Waals surface area contributed by atoms with Gasteiger partial charge in [0, 0.05) is 31.0 Å². The van der Waals surface area contributed by atoms with Crippen LogP contribution in [0.5, 0.6) is 0 Å². The minimum Gasteiger partial charge on any atom is -0.340 e. The van der Waals surface area contributed by atoms with Gasteiger partial charge in [-0.25, -0.2) is 9.48 Å². The van der Waals surface area contributed by atoms with Crippen LogP contribution >= 0.6 is 15.9 Å². The smallest absolute Gasteiger partial charge is 0.340 e. The number of fused-ring (bicyclic) bond motifs is 1. The van der Waals surface area contributed by atoms with E-state index in [4.69, 9.17) is 0 Å². The van der Waals surface area contributed by atoms with Gasteiger partial charge >= 0.3 is 5.69 Å². The lowest BCUT2D eigenvalue weighted by atomic mass is 10.2. The Labute approximate surface area is 142 Å². The molecule has 0 spiro atoms. The maximum Gasteiger partial charge on any atom is 0.346 e. The van der Waals surface area contributed by atoms with Gasteiger partial charge in [-0.15, -0.1) is 0 Å². The van der Waals surface area contributed by atoms with Crippen molar-refractivity contribution in [2.45, 2.75) is 38.9 Å². The van der Waals surface area contributed by atoms with Crippen LogP contribution in [0.2, 0.25) is 0 Å². The van der Waals surface area contributed by atoms with Crippen molar-refractivity contribution in [1.82, 2.24) is 19.2 Å². The van der Waals surface area contributed by atoms with Crippen LogP contribution in [-0.2, 0) is 30.8 Å². The molecule has 0 aliphatic carbocycles. The van der Waals surface area contributed by atoms with Gasteiger partial charge in [-0.1, -0.05) is 28.1 Å². The molecule has 2 heterocycles. The molecule has 0 atom stereocenters. The Morgan fingerprint density at radius 1 is 1.30 bits per heavy atom. The summed E-state index contributed by atoms with van der Waals surface area (Å²) in [5, 5.41) is 4.30. The van der Waals surface area contributed by atoms with Crippen molar-refractivity contribution in [3.05, 3.63) is 50.6 Å². The van der Waals surface area contributed by atoms with Gasteiger partial charge in [0.05, 0.1) is 0 Å². The van der Waals surface area contributed by atoms with Gasteiger partial charge in [0.2, 0.25) is 5.91 Å². The third-order valence-electron chi connectivity index (χ3n) is 4.08. The van der Waals surface area contributed by atoms with E-state index < -0.39 is 0 Å². The van der Waals surface area contributed by atoms with E-state index in [1.807, 2.05) is 24.3 Å². The summed E-state index contributed by atoms with van der Waals surface area (Å²) in [6, 6.07) is 7.83. The minimum atomic E-state index is -0.176. The van der Waals surface area contributed by atoms with Crippen LogP contribution in [0.4, 0.5) is 0 Å². The number of hydrogen-bond donors (Lipinski definition) is 0. The summed E-state index contributed by atoms with van der Waals surface area (Å²) in [6.07, 6.45) is 2.86. The van der Waals surface area contributed by atoms with Crippen molar-refractivity contribution >= 4 is 21.8 Å². The Morgan fingerprint density at radius 2 is 2.04 bits per heavy atom. The van der Waals surface area contributed by atoms with Crippen LogP contribution in [0.25, 0.3) is 0 Å². The molecule has 2 aromatic rings. The number of carbonyl (C=O) groups excluding carboxylic acids is 1. The van der Waals surface area contributed by atoms with Gasteiger partial charge in [0.15, 0.2) is 0 Å². The van der Waals surface area contributed by atoms with Crippen molar-refractivity contribution in [2.24, 2.45) is 0 Å². The molecule has 0 fully saturated rings. The van der Waals surface area contributed by atoms with Crippen LogP contribution in [0.3, 0.4) is 0 Å². The van der Waals surface area contributed by atoms with Gasteiger partial charge in [-0.3, -0.25) is 9.36 Å². The molecule has 1 amide bonds. The van der Waals surface area contributed by atoms with E-state index in [1.54, 1.807) is 16.5 Å². The number of aromatic nitrogens is 3. The van der Waals surface area contributed by atoms with Crippen LogP contribution in [-0.4, -0.2) is 32.2 Å². The zero-order valence-electron chi connectivity index (χ0n) is 13.0. The number of halogens is 1. The van der Waals surface area contributed by atoms with E-state index >= 15 is 0 Å². The maximum absolute atomic E-state index is 12.4. The molecule has 1 aliphatic heterocycles. The summed E-state index contributed by atoms with van der Waals surface area (Å²) in [6.45, 7) is 1.21. The number of amides is 1. The van der Waals surface area contributed by atoms with E-state index in [0.717, 1.165) is 35.1 Å². The number of hydrogen-bond acceptors (Lipinski definition) is 3. The number of rotatable bonds is 4. The molecule has 0 saturated heterocycles. The Hall–Kier alpha value is -1.89. The van der Waals surface area contributed by atoms with Crippen molar-refractivity contribution in [1.29, 1.82) is 0 Å². The Kier molecular flexibility index (Phi) is 4.66. The van der Waals surface area contributed by atoms with Gasteiger partial charge in [-0.2, -0.15) is 5.10 Å². The zero-order valence-corrected chi connectivity index (χ0v) is 14.6. The van der Waals surface area contributed by atoms with E-state index in [0.29, 0.717) is 13.1 Å². The largest absolute Gasteiger partial charge is 0.346 e. The third kappa shape index (κ3) is 3.55. The number of benzene rings is 1. The highest BCUT2D eigenvalue weighted by molar-refractivity contribution is 9.10. The third-order valence-corrected chi connectivity index (χ3v) is 4.60. The SMILES string of the molecule is CN(Cc1ccc(Br)cc1)C(=O)Cn1nc2n(c1=O)CCCC2. The number of carbonyl (C=O) groups is 1. The first-order chi connectivity index (χ1) is 11.0. The monoisotopic (exact) mass is 378 g/mol. The molecule has 1 aromatic carbocycles. The average molecular weight is 379 g/mol. The predicted molar refractivity (Wildman–Crippen MR) is 90.0 cm³/mol. The maximum atomic E-state index is 12.4. The van der Waals surface area contributed by atoms with Gasteiger partial charge in [-0.05, 0) is 30.5 Å². The Bertz CT molecular complexity index is 763. The molecule has 1 aliphatic rings. The van der Waals surface area contributed by atoms with Gasteiger partial charge in [0.1, 0.15) is 12.4 Å². The topological polar surface area (TPSA) is 60.1 Å². The highest BCUT2D eigenvalue weighted by atomic mass is 79.9. The molecule has 3 rings (SSSR count). The lowest BCUT2D eigenvalue weighted by molar-refractivity contribution is -0.131. The van der Waals surface area contributed by atoms with E-state index in [9.17, 15) is 9.59 Å². The molecule has 7 heteroatoms. The highest BCUT2D eigenvalue weighted by Gasteiger charge is 2.19. The second kappa shape index (κ2) is 6.70. The van der Waals surface area contributed by atoms with Crippen molar-refractivity contribution in [3.63, 3.8) is 0 Å². The summed E-state index contributed by atoms with van der Waals surface area (Å²) in [5.74, 6) is 0.676. The number of likely N-dealkylation sites (N-methyl/N-ethyl adjacent to an activating group) is 1. The molecular formula is C16H19BrN4O2. The second-order valence-corrected chi connectivity index (χ2v) is 6.76. The highest BCUT2D eigenvalue weighted by Crippen LogP contribution is 2.12. The molecule has 0 saturated carbocycles. The Balaban J connectivity index is 1.68. The quantitative estimate of drug-likeness (QED) is 0.814. The van der Waals surface area contributed by atoms with E-state index in [1.165, 1.54) is 4.68 Å². The minimum absolute atomic E-state index is 0.00807. The summed E-state index contributed by atoms with van der Waals surface area (Å²) in [5.41, 5.74) is 0.866. The molecule has 1 aromatic heterocycles. The number of nitrogens with zero attached hydrogens (tertiary/aromatic N) is 4. The van der Waals surface area contributed by atoms with Crippen LogP contribution in [0.1, 0.15) is 24.2 Å². The van der Waals surface area contributed by atoms with Gasteiger partial charge < -0.3 is 4.90 Å². The average Bonchev–Trinajstić information content (AvgIpc) is 2.86. The second-order valence-electron chi connectivity index (χ2n) is 5.84. The predicted octanol–water partition coefficient (Wildman–Crippen LogP) is 1.80. The van der Waals surface area contributed by atoms with E-state index in [2.05, 4.69) is 21.0 Å². The van der Waals surface area contributed by atoms with Crippen LogP contribution in [0, 0.1) is 0 Å². The van der Waals surface area contributed by atoms with Crippen LogP contribution < -0.4 is 5.69 Å². The Morgan fingerprint density at radius 3 is 2.74 bits per heavy atom. The van der Waals surface area contributed by atoms with E-state index in [-0.39, 0.29) is 18.1 Å². The summed E-state index contributed by atoms with van der Waals surface area (Å²) >= 11 is 3.39. The lowest BCUT2D eigenvalue weighted by Gasteiger charge is -2.17. The zero-order chi connectivity index (χ0) is 16.4. The first-order valence-corrected chi connectivity index (χ1v) is 8.49. The summed E-state index contributed by atoms with van der Waals surface area (Å²) in [4.78, 5) is 26.2. The van der Waals surface area contributed by atoms with Crippen molar-refractivity contribution in [2.75, 3.05) is 7.05 Å². The first-order valence-electron chi connectivity index (χ1n) is 7.69. The van der Waals surface area contributed by atoms with Crippen molar-refractivity contribution in [3.8, 4) is 0 Å². The molecular weight excluding hydrogens is 360 g/mol. The van der Waals surface area contributed by atoms with Gasteiger partial charge in [0.25, 0.3) is 0 Å². The molecule has 0 unspecified atom stereocenters. The fraction of sp³-hybridized carbons (Fsp3) is 0.438. The van der Waals surface area contributed by atoms with Crippen molar-refractivity contribution < 1.29 is 4.79 Å². The fourth-order valence-corrected chi connectivity index (χ4v) is 3.02. The van der Waals surface area contributed by atoms with Crippen LogP contribution in [0.15, 0.2) is 33.5 Å². The molecule has 23 heavy (non-hydrogen) atoms. The summed E-state index contributed by atoms with van der Waals surface area (Å²) < 4.78 is 3.98. The molecule has 0 N–H and O–H groups in total.